The van der Waals surface area contributed by atoms with Crippen LogP contribution in [0.25, 0.3) is 5.65 Å². The number of hydrogen-bond donors (Lipinski definition) is 0. The van der Waals surface area contributed by atoms with Crippen LogP contribution in [0.5, 0.6) is 0 Å². The first kappa shape index (κ1) is 14.5. The standard InChI is InChI=1S/C15H18N6OS/c1-2-19-13(11-6-7-11)16-17-14(19)23-10-9-21-15(22)20-8-4-3-5-12(20)18-21/h3-5,8,11H,2,6-7,9-10H2,1H3. The second kappa shape index (κ2) is 5.84. The maximum atomic E-state index is 12.2. The zero-order chi connectivity index (χ0) is 15.8. The summed E-state index contributed by atoms with van der Waals surface area (Å²) in [6.07, 6.45) is 4.18. The molecular formula is C15H18N6OS. The van der Waals surface area contributed by atoms with Gasteiger partial charge in [0.2, 0.25) is 0 Å². The Bertz CT molecular complexity index is 891. The minimum absolute atomic E-state index is 0.100. The number of aryl methyl sites for hydroxylation is 1. The van der Waals surface area contributed by atoms with Crippen LogP contribution in [0.1, 0.15) is 31.5 Å². The van der Waals surface area contributed by atoms with Crippen LogP contribution < -0.4 is 5.69 Å². The SMILES string of the molecule is CCn1c(SCCn2nc3ccccn3c2=O)nnc1C1CC1. The van der Waals surface area contributed by atoms with E-state index < -0.39 is 0 Å². The van der Waals surface area contributed by atoms with Crippen LogP contribution in [0.15, 0.2) is 34.3 Å². The average molecular weight is 330 g/mol. The summed E-state index contributed by atoms with van der Waals surface area (Å²) >= 11 is 1.63. The van der Waals surface area contributed by atoms with Gasteiger partial charge in [-0.25, -0.2) is 9.48 Å². The molecule has 0 atom stereocenters. The summed E-state index contributed by atoms with van der Waals surface area (Å²) in [6, 6.07) is 5.54. The molecule has 0 bridgehead atoms. The van der Waals surface area contributed by atoms with Crippen LogP contribution in [-0.4, -0.2) is 34.7 Å². The van der Waals surface area contributed by atoms with Crippen molar-refractivity contribution in [3.8, 4) is 0 Å². The van der Waals surface area contributed by atoms with Crippen molar-refractivity contribution in [1.82, 2.24) is 28.9 Å². The fourth-order valence-electron chi connectivity index (χ4n) is 2.68. The Kier molecular flexibility index (Phi) is 3.68. The third kappa shape index (κ3) is 2.67. The molecular weight excluding hydrogens is 312 g/mol. The van der Waals surface area contributed by atoms with E-state index in [2.05, 4.69) is 26.8 Å². The molecule has 1 saturated carbocycles. The summed E-state index contributed by atoms with van der Waals surface area (Å²) in [5.74, 6) is 2.45. The summed E-state index contributed by atoms with van der Waals surface area (Å²) in [7, 11) is 0. The van der Waals surface area contributed by atoms with Gasteiger partial charge in [0.15, 0.2) is 10.8 Å². The Balaban J connectivity index is 1.47. The van der Waals surface area contributed by atoms with Gasteiger partial charge in [-0.05, 0) is 31.9 Å². The molecule has 7 nitrogen and oxygen atoms in total. The number of rotatable bonds is 6. The first-order valence-electron chi connectivity index (χ1n) is 7.88. The molecule has 0 amide bonds. The number of thioether (sulfide) groups is 1. The first-order valence-corrected chi connectivity index (χ1v) is 8.86. The molecule has 8 heteroatoms. The quantitative estimate of drug-likeness (QED) is 0.644. The summed E-state index contributed by atoms with van der Waals surface area (Å²) < 4.78 is 5.26. The van der Waals surface area contributed by atoms with Crippen molar-refractivity contribution in [2.45, 2.75) is 43.9 Å². The highest BCUT2D eigenvalue weighted by atomic mass is 32.2. The normalized spacial score (nSPS) is 14.7. The Morgan fingerprint density at radius 3 is 2.91 bits per heavy atom. The van der Waals surface area contributed by atoms with E-state index >= 15 is 0 Å². The lowest BCUT2D eigenvalue weighted by Crippen LogP contribution is -2.22. The van der Waals surface area contributed by atoms with Gasteiger partial charge in [-0.2, -0.15) is 0 Å². The second-order valence-corrected chi connectivity index (χ2v) is 6.70. The van der Waals surface area contributed by atoms with Crippen molar-refractivity contribution in [2.75, 3.05) is 5.75 Å². The molecule has 0 spiro atoms. The number of aromatic nitrogens is 6. The second-order valence-electron chi connectivity index (χ2n) is 5.64. The minimum Gasteiger partial charge on any atom is -0.306 e. The van der Waals surface area contributed by atoms with Crippen molar-refractivity contribution in [3.05, 3.63) is 40.7 Å². The Morgan fingerprint density at radius 2 is 2.17 bits per heavy atom. The van der Waals surface area contributed by atoms with Gasteiger partial charge in [0.05, 0.1) is 6.54 Å². The van der Waals surface area contributed by atoms with Gasteiger partial charge in [-0.1, -0.05) is 17.8 Å². The maximum absolute atomic E-state index is 12.2. The van der Waals surface area contributed by atoms with Gasteiger partial charge in [0.25, 0.3) is 0 Å². The smallest absolute Gasteiger partial charge is 0.306 e. The highest BCUT2D eigenvalue weighted by molar-refractivity contribution is 7.99. The van der Waals surface area contributed by atoms with Crippen molar-refractivity contribution in [1.29, 1.82) is 0 Å². The lowest BCUT2D eigenvalue weighted by molar-refractivity contribution is 0.629. The van der Waals surface area contributed by atoms with E-state index in [1.807, 2.05) is 18.2 Å². The monoisotopic (exact) mass is 330 g/mol. The molecule has 1 aliphatic carbocycles. The number of fused-ring (bicyclic) bond motifs is 1. The van der Waals surface area contributed by atoms with Gasteiger partial charge >= 0.3 is 5.69 Å². The van der Waals surface area contributed by atoms with E-state index in [4.69, 9.17) is 0 Å². The zero-order valence-electron chi connectivity index (χ0n) is 12.9. The predicted octanol–water partition coefficient (Wildman–Crippen LogP) is 1.78. The van der Waals surface area contributed by atoms with Crippen molar-refractivity contribution < 1.29 is 0 Å². The molecule has 0 N–H and O–H groups in total. The van der Waals surface area contributed by atoms with Crippen LogP contribution >= 0.6 is 11.8 Å². The van der Waals surface area contributed by atoms with Crippen LogP contribution in [0.3, 0.4) is 0 Å². The molecule has 3 heterocycles. The molecule has 1 aliphatic rings. The molecule has 0 aromatic carbocycles. The Hall–Kier alpha value is -2.09. The van der Waals surface area contributed by atoms with Gasteiger partial charge < -0.3 is 4.57 Å². The third-order valence-corrected chi connectivity index (χ3v) is 4.97. The Morgan fingerprint density at radius 1 is 1.30 bits per heavy atom. The molecule has 1 fully saturated rings. The van der Waals surface area contributed by atoms with Gasteiger partial charge in [0, 0.05) is 24.4 Å². The van der Waals surface area contributed by atoms with Crippen LogP contribution in [0.2, 0.25) is 0 Å². The van der Waals surface area contributed by atoms with E-state index in [1.54, 1.807) is 22.4 Å². The average Bonchev–Trinajstić information content (AvgIpc) is 3.26. The van der Waals surface area contributed by atoms with E-state index in [1.165, 1.54) is 17.5 Å². The fraction of sp³-hybridized carbons (Fsp3) is 0.467. The van der Waals surface area contributed by atoms with E-state index in [9.17, 15) is 4.79 Å². The zero-order valence-corrected chi connectivity index (χ0v) is 13.7. The van der Waals surface area contributed by atoms with Gasteiger partial charge in [0.1, 0.15) is 5.82 Å². The molecule has 120 valence electrons. The largest absolute Gasteiger partial charge is 0.350 e. The number of hydrogen-bond acceptors (Lipinski definition) is 5. The number of pyridine rings is 1. The van der Waals surface area contributed by atoms with Crippen LogP contribution in [0, 0.1) is 0 Å². The van der Waals surface area contributed by atoms with Crippen molar-refractivity contribution in [2.24, 2.45) is 0 Å². The summed E-state index contributed by atoms with van der Waals surface area (Å²) in [5.41, 5.74) is 0.576. The molecule has 0 saturated heterocycles. The predicted molar refractivity (Wildman–Crippen MR) is 87.8 cm³/mol. The molecule has 0 radical (unpaired) electrons. The first-order chi connectivity index (χ1) is 11.3. The fourth-order valence-corrected chi connectivity index (χ4v) is 3.61. The lowest BCUT2D eigenvalue weighted by atomic mass is 10.4. The summed E-state index contributed by atoms with van der Waals surface area (Å²) in [5, 5.41) is 13.9. The van der Waals surface area contributed by atoms with E-state index in [0.29, 0.717) is 18.1 Å². The molecule has 3 aromatic rings. The summed E-state index contributed by atoms with van der Waals surface area (Å²) in [4.78, 5) is 12.2. The summed E-state index contributed by atoms with van der Waals surface area (Å²) in [6.45, 7) is 3.56. The van der Waals surface area contributed by atoms with Crippen molar-refractivity contribution >= 4 is 17.4 Å². The van der Waals surface area contributed by atoms with E-state index in [0.717, 1.165) is 23.3 Å². The molecule has 4 rings (SSSR count). The molecule has 3 aromatic heterocycles. The van der Waals surface area contributed by atoms with E-state index in [-0.39, 0.29) is 5.69 Å². The number of nitrogens with zero attached hydrogens (tertiary/aromatic N) is 6. The molecule has 0 unspecified atom stereocenters. The topological polar surface area (TPSA) is 70.0 Å². The minimum atomic E-state index is -0.100. The van der Waals surface area contributed by atoms with Crippen molar-refractivity contribution in [3.63, 3.8) is 0 Å². The molecule has 23 heavy (non-hydrogen) atoms. The molecule has 0 aliphatic heterocycles. The highest BCUT2D eigenvalue weighted by Crippen LogP contribution is 2.39. The Labute approximate surface area is 137 Å². The maximum Gasteiger partial charge on any atom is 0.350 e. The third-order valence-electron chi connectivity index (χ3n) is 4.03. The van der Waals surface area contributed by atoms with Gasteiger partial charge in [-0.15, -0.1) is 15.3 Å². The van der Waals surface area contributed by atoms with Crippen LogP contribution in [-0.2, 0) is 13.1 Å². The highest BCUT2D eigenvalue weighted by Gasteiger charge is 2.29. The van der Waals surface area contributed by atoms with Crippen LogP contribution in [0.4, 0.5) is 0 Å². The van der Waals surface area contributed by atoms with Gasteiger partial charge in [-0.3, -0.25) is 4.40 Å². The lowest BCUT2D eigenvalue weighted by Gasteiger charge is -2.06.